The standard InChI is InChI=1S/C19H22O3/c1-13(18(20)21)22-17-11-7-15(8-12-17)14-5-9-16(10-6-14)19(2,3)4/h5-13H,1-4H3,(H,20,21). The van der Waals surface area contributed by atoms with Gasteiger partial charge in [0, 0.05) is 0 Å². The van der Waals surface area contributed by atoms with Crippen LogP contribution < -0.4 is 4.74 Å². The predicted molar refractivity (Wildman–Crippen MR) is 88.3 cm³/mol. The van der Waals surface area contributed by atoms with Crippen LogP contribution in [0, 0.1) is 0 Å². The third kappa shape index (κ3) is 3.88. The van der Waals surface area contributed by atoms with Crippen LogP contribution in [-0.2, 0) is 10.2 Å². The Kier molecular flexibility index (Phi) is 4.55. The van der Waals surface area contributed by atoms with Crippen LogP contribution in [0.25, 0.3) is 11.1 Å². The fourth-order valence-corrected chi connectivity index (χ4v) is 2.14. The summed E-state index contributed by atoms with van der Waals surface area (Å²) in [7, 11) is 0. The van der Waals surface area contributed by atoms with Gasteiger partial charge in [-0.15, -0.1) is 0 Å². The SMILES string of the molecule is CC(Oc1ccc(-c2ccc(C(C)(C)C)cc2)cc1)C(=O)O. The Bertz CT molecular complexity index is 634. The van der Waals surface area contributed by atoms with Crippen molar-refractivity contribution in [2.75, 3.05) is 0 Å². The van der Waals surface area contributed by atoms with Gasteiger partial charge in [-0.05, 0) is 41.2 Å². The molecule has 0 fully saturated rings. The highest BCUT2D eigenvalue weighted by Gasteiger charge is 2.14. The Morgan fingerprint density at radius 3 is 1.82 bits per heavy atom. The molecule has 0 aliphatic rings. The third-order valence-electron chi connectivity index (χ3n) is 3.60. The van der Waals surface area contributed by atoms with Crippen molar-refractivity contribution in [3.63, 3.8) is 0 Å². The Labute approximate surface area is 131 Å². The van der Waals surface area contributed by atoms with Crippen molar-refractivity contribution in [2.45, 2.75) is 39.2 Å². The Hall–Kier alpha value is -2.29. The predicted octanol–water partition coefficient (Wildman–Crippen LogP) is 4.50. The molecule has 1 unspecified atom stereocenters. The minimum absolute atomic E-state index is 0.142. The Morgan fingerprint density at radius 2 is 1.41 bits per heavy atom. The summed E-state index contributed by atoms with van der Waals surface area (Å²) in [5.74, 6) is -0.410. The summed E-state index contributed by atoms with van der Waals surface area (Å²) in [6, 6.07) is 16.0. The van der Waals surface area contributed by atoms with E-state index in [1.165, 1.54) is 12.5 Å². The van der Waals surface area contributed by atoms with Crippen molar-refractivity contribution in [1.29, 1.82) is 0 Å². The summed E-state index contributed by atoms with van der Waals surface area (Å²) in [6.45, 7) is 8.09. The molecular weight excluding hydrogens is 276 g/mol. The Balaban J connectivity index is 2.15. The van der Waals surface area contributed by atoms with Crippen molar-refractivity contribution in [3.05, 3.63) is 54.1 Å². The highest BCUT2D eigenvalue weighted by atomic mass is 16.5. The average molecular weight is 298 g/mol. The zero-order valence-corrected chi connectivity index (χ0v) is 13.5. The molecule has 1 atom stereocenters. The second-order valence-corrected chi connectivity index (χ2v) is 6.45. The number of carbonyl (C=O) groups is 1. The van der Waals surface area contributed by atoms with E-state index in [-0.39, 0.29) is 5.41 Å². The van der Waals surface area contributed by atoms with Gasteiger partial charge in [0.15, 0.2) is 6.10 Å². The maximum absolute atomic E-state index is 10.8. The van der Waals surface area contributed by atoms with E-state index in [1.54, 1.807) is 12.1 Å². The number of ether oxygens (including phenoxy) is 1. The van der Waals surface area contributed by atoms with Crippen LogP contribution in [0.5, 0.6) is 5.75 Å². The molecule has 0 amide bonds. The molecule has 3 heteroatoms. The molecule has 0 saturated carbocycles. The summed E-state index contributed by atoms with van der Waals surface area (Å²) in [4.78, 5) is 10.8. The summed E-state index contributed by atoms with van der Waals surface area (Å²) >= 11 is 0. The van der Waals surface area contributed by atoms with Crippen molar-refractivity contribution >= 4 is 5.97 Å². The number of hydrogen-bond acceptors (Lipinski definition) is 2. The monoisotopic (exact) mass is 298 g/mol. The van der Waals surface area contributed by atoms with Gasteiger partial charge in [0.2, 0.25) is 0 Å². The number of carboxylic acids is 1. The molecule has 0 bridgehead atoms. The van der Waals surface area contributed by atoms with E-state index in [0.717, 1.165) is 11.1 Å². The third-order valence-corrected chi connectivity index (χ3v) is 3.60. The lowest BCUT2D eigenvalue weighted by atomic mass is 9.86. The Morgan fingerprint density at radius 1 is 0.955 bits per heavy atom. The van der Waals surface area contributed by atoms with Gasteiger partial charge in [-0.2, -0.15) is 0 Å². The number of benzene rings is 2. The van der Waals surface area contributed by atoms with E-state index >= 15 is 0 Å². The molecular formula is C19H22O3. The molecule has 22 heavy (non-hydrogen) atoms. The lowest BCUT2D eigenvalue weighted by molar-refractivity contribution is -0.144. The maximum Gasteiger partial charge on any atom is 0.344 e. The second kappa shape index (κ2) is 6.22. The molecule has 116 valence electrons. The molecule has 2 rings (SSSR count). The van der Waals surface area contributed by atoms with Gasteiger partial charge in [-0.1, -0.05) is 57.2 Å². The molecule has 0 saturated heterocycles. The smallest absolute Gasteiger partial charge is 0.344 e. The first kappa shape index (κ1) is 16.1. The van der Waals surface area contributed by atoms with Gasteiger partial charge in [0.05, 0.1) is 0 Å². The first-order valence-corrected chi connectivity index (χ1v) is 7.38. The van der Waals surface area contributed by atoms with E-state index in [0.29, 0.717) is 5.75 Å². The van der Waals surface area contributed by atoms with E-state index in [1.807, 2.05) is 12.1 Å². The average Bonchev–Trinajstić information content (AvgIpc) is 2.47. The zero-order valence-electron chi connectivity index (χ0n) is 13.5. The van der Waals surface area contributed by atoms with Crippen LogP contribution in [0.1, 0.15) is 33.3 Å². The molecule has 0 aromatic heterocycles. The number of hydrogen-bond donors (Lipinski definition) is 1. The molecule has 2 aromatic carbocycles. The van der Waals surface area contributed by atoms with E-state index in [2.05, 4.69) is 45.0 Å². The van der Waals surface area contributed by atoms with Crippen molar-refractivity contribution < 1.29 is 14.6 Å². The van der Waals surface area contributed by atoms with Crippen molar-refractivity contribution in [1.82, 2.24) is 0 Å². The lowest BCUT2D eigenvalue weighted by Gasteiger charge is -2.19. The molecule has 3 nitrogen and oxygen atoms in total. The quantitative estimate of drug-likeness (QED) is 0.903. The fourth-order valence-electron chi connectivity index (χ4n) is 2.14. The summed E-state index contributed by atoms with van der Waals surface area (Å²) in [5.41, 5.74) is 3.65. The van der Waals surface area contributed by atoms with Crippen LogP contribution in [0.15, 0.2) is 48.5 Å². The van der Waals surface area contributed by atoms with Gasteiger partial charge < -0.3 is 9.84 Å². The molecule has 1 N–H and O–H groups in total. The van der Waals surface area contributed by atoms with Crippen molar-refractivity contribution in [2.24, 2.45) is 0 Å². The summed E-state index contributed by atoms with van der Waals surface area (Å²) < 4.78 is 5.33. The highest BCUT2D eigenvalue weighted by molar-refractivity contribution is 5.72. The number of aliphatic carboxylic acids is 1. The van der Waals surface area contributed by atoms with E-state index in [4.69, 9.17) is 9.84 Å². The van der Waals surface area contributed by atoms with E-state index < -0.39 is 12.1 Å². The molecule has 0 radical (unpaired) electrons. The summed E-state index contributed by atoms with van der Waals surface area (Å²) in [5, 5.41) is 8.84. The van der Waals surface area contributed by atoms with Gasteiger partial charge in [-0.3, -0.25) is 0 Å². The molecule has 0 heterocycles. The topological polar surface area (TPSA) is 46.5 Å². The van der Waals surface area contributed by atoms with Crippen molar-refractivity contribution in [3.8, 4) is 16.9 Å². The van der Waals surface area contributed by atoms with Crippen LogP contribution in [0.3, 0.4) is 0 Å². The lowest BCUT2D eigenvalue weighted by Crippen LogP contribution is -2.22. The van der Waals surface area contributed by atoms with Gasteiger partial charge in [0.1, 0.15) is 5.75 Å². The first-order chi connectivity index (χ1) is 10.3. The minimum atomic E-state index is -0.971. The minimum Gasteiger partial charge on any atom is -0.479 e. The fraction of sp³-hybridized carbons (Fsp3) is 0.316. The molecule has 2 aromatic rings. The van der Waals surface area contributed by atoms with E-state index in [9.17, 15) is 4.79 Å². The maximum atomic E-state index is 10.8. The zero-order chi connectivity index (χ0) is 16.3. The normalized spacial score (nSPS) is 12.7. The van der Waals surface area contributed by atoms with Crippen LogP contribution in [0.4, 0.5) is 0 Å². The second-order valence-electron chi connectivity index (χ2n) is 6.45. The molecule has 0 spiro atoms. The van der Waals surface area contributed by atoms with Gasteiger partial charge >= 0.3 is 5.97 Å². The largest absolute Gasteiger partial charge is 0.479 e. The summed E-state index contributed by atoms with van der Waals surface area (Å²) in [6.07, 6.45) is -0.850. The molecule has 0 aliphatic carbocycles. The number of carboxylic acid groups (broad SMARTS) is 1. The van der Waals surface area contributed by atoms with Gasteiger partial charge in [-0.25, -0.2) is 4.79 Å². The first-order valence-electron chi connectivity index (χ1n) is 7.38. The molecule has 0 aliphatic heterocycles. The number of rotatable bonds is 4. The highest BCUT2D eigenvalue weighted by Crippen LogP contribution is 2.27. The van der Waals surface area contributed by atoms with Gasteiger partial charge in [0.25, 0.3) is 0 Å². The van der Waals surface area contributed by atoms with Crippen LogP contribution >= 0.6 is 0 Å². The van der Waals surface area contributed by atoms with Crippen LogP contribution in [-0.4, -0.2) is 17.2 Å². The van der Waals surface area contributed by atoms with Crippen LogP contribution in [0.2, 0.25) is 0 Å².